The number of aliphatic hydroxyl groups is 1. The molecule has 2 rings (SSSR count). The first-order valence-corrected chi connectivity index (χ1v) is 8.03. The van der Waals surface area contributed by atoms with Gasteiger partial charge in [-0.05, 0) is 50.6 Å². The van der Waals surface area contributed by atoms with Gasteiger partial charge < -0.3 is 15.1 Å². The first-order chi connectivity index (χ1) is 9.48. The maximum Gasteiger partial charge on any atom is 0.306 e. The van der Waals surface area contributed by atoms with Crippen molar-refractivity contribution in [2.45, 2.75) is 37.7 Å². The van der Waals surface area contributed by atoms with Gasteiger partial charge in [0.15, 0.2) is 0 Å². The number of likely N-dealkylation sites (N-methyl/N-ethyl adjacent to an activating group) is 1. The van der Waals surface area contributed by atoms with Crippen LogP contribution < -0.4 is 0 Å². The second-order valence-corrected chi connectivity index (χ2v) is 6.94. The predicted molar refractivity (Wildman–Crippen MR) is 80.1 cm³/mol. The molecular formula is C15H23NO3S. The summed E-state index contributed by atoms with van der Waals surface area (Å²) in [6.45, 7) is 1.55. The van der Waals surface area contributed by atoms with E-state index in [1.165, 1.54) is 4.88 Å². The fourth-order valence-corrected chi connectivity index (χ4v) is 3.60. The van der Waals surface area contributed by atoms with E-state index in [0.29, 0.717) is 32.2 Å². The van der Waals surface area contributed by atoms with Crippen molar-refractivity contribution in [2.24, 2.45) is 5.92 Å². The lowest BCUT2D eigenvalue weighted by Gasteiger charge is -2.37. The number of aliphatic carboxylic acids is 1. The molecule has 1 saturated carbocycles. The van der Waals surface area contributed by atoms with Gasteiger partial charge in [0.05, 0.1) is 11.5 Å². The molecule has 20 heavy (non-hydrogen) atoms. The van der Waals surface area contributed by atoms with Crippen molar-refractivity contribution in [1.82, 2.24) is 4.90 Å². The minimum absolute atomic E-state index is 0.272. The van der Waals surface area contributed by atoms with Gasteiger partial charge in [0.25, 0.3) is 0 Å². The van der Waals surface area contributed by atoms with E-state index in [-0.39, 0.29) is 5.92 Å². The van der Waals surface area contributed by atoms with Crippen LogP contribution in [0.25, 0.3) is 0 Å². The summed E-state index contributed by atoms with van der Waals surface area (Å²) in [5, 5.41) is 21.6. The lowest BCUT2D eigenvalue weighted by Crippen LogP contribution is -2.45. The molecule has 2 N–H and O–H groups in total. The Morgan fingerprint density at radius 2 is 2.20 bits per heavy atom. The second-order valence-electron chi connectivity index (χ2n) is 5.90. The summed E-state index contributed by atoms with van der Waals surface area (Å²) in [4.78, 5) is 14.4. The van der Waals surface area contributed by atoms with Gasteiger partial charge in [-0.3, -0.25) is 4.79 Å². The molecule has 0 saturated heterocycles. The molecule has 0 bridgehead atoms. The molecule has 112 valence electrons. The van der Waals surface area contributed by atoms with Crippen LogP contribution in [0.1, 0.15) is 30.6 Å². The van der Waals surface area contributed by atoms with Crippen LogP contribution in [0.5, 0.6) is 0 Å². The molecule has 0 spiro atoms. The van der Waals surface area contributed by atoms with Crippen molar-refractivity contribution in [3.05, 3.63) is 22.4 Å². The molecule has 1 aliphatic carbocycles. The van der Waals surface area contributed by atoms with E-state index < -0.39 is 11.6 Å². The smallest absolute Gasteiger partial charge is 0.306 e. The van der Waals surface area contributed by atoms with Gasteiger partial charge in [0, 0.05) is 18.0 Å². The highest BCUT2D eigenvalue weighted by Crippen LogP contribution is 2.32. The summed E-state index contributed by atoms with van der Waals surface area (Å²) < 4.78 is 0. The van der Waals surface area contributed by atoms with Crippen molar-refractivity contribution in [1.29, 1.82) is 0 Å². The number of carboxylic acid groups (broad SMARTS) is 1. The van der Waals surface area contributed by atoms with E-state index in [2.05, 4.69) is 22.4 Å². The van der Waals surface area contributed by atoms with Crippen LogP contribution in [0.4, 0.5) is 0 Å². The average Bonchev–Trinajstić information content (AvgIpc) is 2.89. The number of nitrogens with zero attached hydrogens (tertiary/aromatic N) is 1. The second kappa shape index (κ2) is 6.70. The van der Waals surface area contributed by atoms with Crippen LogP contribution in [0.3, 0.4) is 0 Å². The first-order valence-electron chi connectivity index (χ1n) is 7.15. The lowest BCUT2D eigenvalue weighted by atomic mass is 9.78. The summed E-state index contributed by atoms with van der Waals surface area (Å²) in [5.41, 5.74) is -0.712. The zero-order valence-electron chi connectivity index (χ0n) is 11.9. The standard InChI is InChI=1S/C15H23NO3S/c1-16(9-6-13-3-2-10-20-13)11-15(19)7-4-12(5-8-15)14(17)18/h2-3,10,12,19H,4-9,11H2,1H3,(H,17,18). The molecule has 1 aromatic heterocycles. The van der Waals surface area contributed by atoms with E-state index in [1.807, 2.05) is 7.05 Å². The van der Waals surface area contributed by atoms with Crippen LogP contribution in [0, 0.1) is 5.92 Å². The normalized spacial score (nSPS) is 26.9. The molecule has 0 radical (unpaired) electrons. The molecule has 0 amide bonds. The zero-order valence-corrected chi connectivity index (χ0v) is 12.7. The highest BCUT2D eigenvalue weighted by molar-refractivity contribution is 7.09. The Bertz CT molecular complexity index is 424. The summed E-state index contributed by atoms with van der Waals surface area (Å²) in [7, 11) is 2.02. The molecule has 0 unspecified atom stereocenters. The van der Waals surface area contributed by atoms with Crippen LogP contribution in [0.15, 0.2) is 17.5 Å². The quantitative estimate of drug-likeness (QED) is 0.845. The third-order valence-corrected chi connectivity index (χ3v) is 5.09. The van der Waals surface area contributed by atoms with Gasteiger partial charge in [-0.25, -0.2) is 0 Å². The van der Waals surface area contributed by atoms with Crippen LogP contribution in [0.2, 0.25) is 0 Å². The highest BCUT2D eigenvalue weighted by Gasteiger charge is 2.36. The van der Waals surface area contributed by atoms with Gasteiger partial charge in [0.1, 0.15) is 0 Å². The fourth-order valence-electron chi connectivity index (χ4n) is 2.90. The molecule has 1 fully saturated rings. The molecule has 1 aromatic rings. The van der Waals surface area contributed by atoms with Gasteiger partial charge >= 0.3 is 5.97 Å². The van der Waals surface area contributed by atoms with Gasteiger partial charge in [-0.2, -0.15) is 0 Å². The van der Waals surface area contributed by atoms with E-state index in [9.17, 15) is 9.90 Å². The third-order valence-electron chi connectivity index (χ3n) is 4.15. The highest BCUT2D eigenvalue weighted by atomic mass is 32.1. The number of carbonyl (C=O) groups is 1. The zero-order chi connectivity index (χ0) is 14.6. The van der Waals surface area contributed by atoms with E-state index in [0.717, 1.165) is 13.0 Å². The van der Waals surface area contributed by atoms with Crippen molar-refractivity contribution < 1.29 is 15.0 Å². The molecule has 0 aliphatic heterocycles. The molecule has 4 nitrogen and oxygen atoms in total. The van der Waals surface area contributed by atoms with Crippen LogP contribution >= 0.6 is 11.3 Å². The van der Waals surface area contributed by atoms with Crippen molar-refractivity contribution in [3.63, 3.8) is 0 Å². The van der Waals surface area contributed by atoms with E-state index in [4.69, 9.17) is 5.11 Å². The molecule has 0 aromatic carbocycles. The Morgan fingerprint density at radius 3 is 2.75 bits per heavy atom. The van der Waals surface area contributed by atoms with Gasteiger partial charge in [0.2, 0.25) is 0 Å². The Kier molecular flexibility index (Phi) is 5.18. The number of carboxylic acids is 1. The Hall–Kier alpha value is -0.910. The maximum absolute atomic E-state index is 10.9. The molecule has 5 heteroatoms. The molecular weight excluding hydrogens is 274 g/mol. The third kappa shape index (κ3) is 4.30. The van der Waals surface area contributed by atoms with E-state index in [1.54, 1.807) is 11.3 Å². The first kappa shape index (κ1) is 15.5. The fraction of sp³-hybridized carbons (Fsp3) is 0.667. The van der Waals surface area contributed by atoms with Crippen molar-refractivity contribution in [2.75, 3.05) is 20.1 Å². The maximum atomic E-state index is 10.9. The van der Waals surface area contributed by atoms with Crippen molar-refractivity contribution >= 4 is 17.3 Å². The van der Waals surface area contributed by atoms with Crippen molar-refractivity contribution in [3.8, 4) is 0 Å². The number of hydrogen-bond donors (Lipinski definition) is 2. The van der Waals surface area contributed by atoms with E-state index >= 15 is 0 Å². The number of rotatable bonds is 6. The monoisotopic (exact) mass is 297 g/mol. The van der Waals surface area contributed by atoms with Gasteiger partial charge in [-0.15, -0.1) is 11.3 Å². The molecule has 1 aliphatic rings. The summed E-state index contributed by atoms with van der Waals surface area (Å²) in [6, 6.07) is 4.19. The van der Waals surface area contributed by atoms with Gasteiger partial charge in [-0.1, -0.05) is 6.07 Å². The van der Waals surface area contributed by atoms with Crippen LogP contribution in [-0.4, -0.2) is 46.8 Å². The summed E-state index contributed by atoms with van der Waals surface area (Å²) in [6.07, 6.45) is 3.36. The predicted octanol–water partition coefficient (Wildman–Crippen LogP) is 2.23. The minimum atomic E-state index is -0.724. The average molecular weight is 297 g/mol. The molecule has 0 atom stereocenters. The lowest BCUT2D eigenvalue weighted by molar-refractivity contribution is -0.145. The SMILES string of the molecule is CN(CCc1cccs1)CC1(O)CCC(C(=O)O)CC1. The molecule has 1 heterocycles. The summed E-state index contributed by atoms with van der Waals surface area (Å²) >= 11 is 1.76. The number of thiophene rings is 1. The Balaban J connectivity index is 1.76. The summed E-state index contributed by atoms with van der Waals surface area (Å²) in [5.74, 6) is -0.996. The number of hydrogen-bond acceptors (Lipinski definition) is 4. The Morgan fingerprint density at radius 1 is 1.50 bits per heavy atom. The largest absolute Gasteiger partial charge is 0.481 e. The topological polar surface area (TPSA) is 60.8 Å². The minimum Gasteiger partial charge on any atom is -0.481 e. The Labute approximate surface area is 124 Å². The van der Waals surface area contributed by atoms with Crippen LogP contribution in [-0.2, 0) is 11.2 Å².